The van der Waals surface area contributed by atoms with E-state index in [1.165, 1.54) is 10.6 Å². The molecule has 3 rings (SSSR count). The van der Waals surface area contributed by atoms with Crippen LogP contribution in [0.4, 0.5) is 0 Å². The Morgan fingerprint density at radius 1 is 0.750 bits per heavy atom. The molecule has 0 N–H and O–H groups in total. The summed E-state index contributed by atoms with van der Waals surface area (Å²) in [6.45, 7) is 3.52. The number of rotatable bonds is 3. The number of hydrogen-bond donors (Lipinski definition) is 0. The van der Waals surface area contributed by atoms with Crippen molar-refractivity contribution in [1.82, 2.24) is 14.1 Å². The van der Waals surface area contributed by atoms with E-state index in [-0.39, 0.29) is 23.7 Å². The van der Waals surface area contributed by atoms with E-state index >= 15 is 0 Å². The van der Waals surface area contributed by atoms with Crippen LogP contribution in [0, 0.1) is 11.8 Å². The molecule has 3 aliphatic rings. The van der Waals surface area contributed by atoms with Gasteiger partial charge in [0.25, 0.3) is 0 Å². The minimum atomic E-state index is -3.16. The fourth-order valence-electron chi connectivity index (χ4n) is 3.64. The van der Waals surface area contributed by atoms with Crippen LogP contribution in [-0.4, -0.2) is 79.9 Å². The highest BCUT2D eigenvalue weighted by Gasteiger charge is 2.35. The Morgan fingerprint density at radius 3 is 1.62 bits per heavy atom. The lowest BCUT2D eigenvalue weighted by atomic mass is 9.96. The molecule has 2 amide bonds. The molecule has 0 spiro atoms. The zero-order chi connectivity index (χ0) is 17.3. The minimum Gasteiger partial charge on any atom is -0.341 e. The van der Waals surface area contributed by atoms with Crippen molar-refractivity contribution >= 4 is 21.8 Å². The average Bonchev–Trinajstić information content (AvgIpc) is 3.39. The summed E-state index contributed by atoms with van der Waals surface area (Å²) >= 11 is 0. The fourth-order valence-corrected chi connectivity index (χ4v) is 4.51. The molecule has 0 bridgehead atoms. The molecule has 0 radical (unpaired) electrons. The number of hydrogen-bond acceptors (Lipinski definition) is 4. The average molecular weight is 357 g/mol. The van der Waals surface area contributed by atoms with E-state index in [1.54, 1.807) is 0 Å². The van der Waals surface area contributed by atoms with E-state index in [0.717, 1.165) is 25.8 Å². The highest BCUT2D eigenvalue weighted by atomic mass is 32.2. The number of carbonyl (C=O) groups is 2. The van der Waals surface area contributed by atoms with Gasteiger partial charge >= 0.3 is 0 Å². The van der Waals surface area contributed by atoms with E-state index in [0.29, 0.717) is 45.6 Å². The first-order valence-corrected chi connectivity index (χ1v) is 10.7. The summed E-state index contributed by atoms with van der Waals surface area (Å²) in [5.41, 5.74) is 0. The number of sulfonamides is 1. The molecular formula is C16H27N3O4S. The van der Waals surface area contributed by atoms with E-state index in [1.807, 2.05) is 9.80 Å². The van der Waals surface area contributed by atoms with Crippen LogP contribution in [0.15, 0.2) is 0 Å². The molecule has 8 heteroatoms. The van der Waals surface area contributed by atoms with Gasteiger partial charge in [-0.25, -0.2) is 12.7 Å². The summed E-state index contributed by atoms with van der Waals surface area (Å²) in [4.78, 5) is 28.7. The summed E-state index contributed by atoms with van der Waals surface area (Å²) in [6.07, 6.45) is 5.25. The summed E-state index contributed by atoms with van der Waals surface area (Å²) in [6, 6.07) is 0. The van der Waals surface area contributed by atoms with Gasteiger partial charge in [0.05, 0.1) is 6.26 Å². The molecule has 1 saturated carbocycles. The molecule has 3 fully saturated rings. The Bertz CT molecular complexity index is 594. The van der Waals surface area contributed by atoms with Crippen molar-refractivity contribution in [3.63, 3.8) is 0 Å². The van der Waals surface area contributed by atoms with Gasteiger partial charge in [-0.1, -0.05) is 0 Å². The molecule has 0 atom stereocenters. The lowest BCUT2D eigenvalue weighted by Crippen LogP contribution is -2.45. The molecule has 136 valence electrons. The standard InChI is InChI=1S/C16H27N3O4S/c1-24(22,23)19-9-5-14(6-10-19)16(21)18-8-2-7-17(11-12-18)15(20)13-3-4-13/h13-14H,2-12H2,1H3. The van der Waals surface area contributed by atoms with Crippen molar-refractivity contribution in [3.8, 4) is 0 Å². The first-order chi connectivity index (χ1) is 11.4. The third-order valence-corrected chi connectivity index (χ3v) is 6.62. The predicted octanol–water partition coefficient (Wildman–Crippen LogP) is 0.129. The van der Waals surface area contributed by atoms with Gasteiger partial charge in [-0.05, 0) is 32.1 Å². The third kappa shape index (κ3) is 4.08. The molecular weight excluding hydrogens is 330 g/mol. The van der Waals surface area contributed by atoms with Gasteiger partial charge in [0.1, 0.15) is 0 Å². The maximum absolute atomic E-state index is 12.7. The van der Waals surface area contributed by atoms with Crippen LogP contribution in [-0.2, 0) is 19.6 Å². The zero-order valence-electron chi connectivity index (χ0n) is 14.3. The van der Waals surface area contributed by atoms with Crippen LogP contribution in [0.2, 0.25) is 0 Å². The van der Waals surface area contributed by atoms with E-state index in [9.17, 15) is 18.0 Å². The molecule has 2 heterocycles. The van der Waals surface area contributed by atoms with Crippen LogP contribution in [0.5, 0.6) is 0 Å². The highest BCUT2D eigenvalue weighted by Crippen LogP contribution is 2.31. The first kappa shape index (κ1) is 17.7. The summed E-state index contributed by atoms with van der Waals surface area (Å²) < 4.78 is 24.6. The van der Waals surface area contributed by atoms with Crippen LogP contribution >= 0.6 is 0 Å². The van der Waals surface area contributed by atoms with Crippen LogP contribution < -0.4 is 0 Å². The van der Waals surface area contributed by atoms with Crippen molar-refractivity contribution in [3.05, 3.63) is 0 Å². The lowest BCUT2D eigenvalue weighted by Gasteiger charge is -2.32. The molecule has 24 heavy (non-hydrogen) atoms. The molecule has 0 aromatic heterocycles. The number of carbonyl (C=O) groups excluding carboxylic acids is 2. The third-order valence-electron chi connectivity index (χ3n) is 5.32. The highest BCUT2D eigenvalue weighted by molar-refractivity contribution is 7.88. The maximum atomic E-state index is 12.7. The zero-order valence-corrected chi connectivity index (χ0v) is 15.1. The quantitative estimate of drug-likeness (QED) is 0.719. The second kappa shape index (κ2) is 7.00. The number of amides is 2. The summed E-state index contributed by atoms with van der Waals surface area (Å²) in [5, 5.41) is 0. The van der Waals surface area contributed by atoms with Crippen LogP contribution in [0.3, 0.4) is 0 Å². The van der Waals surface area contributed by atoms with Crippen molar-refractivity contribution < 1.29 is 18.0 Å². The van der Waals surface area contributed by atoms with Crippen molar-refractivity contribution in [2.45, 2.75) is 32.1 Å². The van der Waals surface area contributed by atoms with Gasteiger partial charge in [0.2, 0.25) is 21.8 Å². The Hall–Kier alpha value is -1.15. The van der Waals surface area contributed by atoms with Gasteiger partial charge in [-0.3, -0.25) is 9.59 Å². The summed E-state index contributed by atoms with van der Waals surface area (Å²) in [7, 11) is -3.16. The SMILES string of the molecule is CS(=O)(=O)N1CCC(C(=O)N2CCCN(C(=O)C3CC3)CC2)CC1. The minimum absolute atomic E-state index is 0.0892. The lowest BCUT2D eigenvalue weighted by molar-refractivity contribution is -0.137. The van der Waals surface area contributed by atoms with Gasteiger partial charge < -0.3 is 9.80 Å². The summed E-state index contributed by atoms with van der Waals surface area (Å²) in [5.74, 6) is 0.524. The second-order valence-corrected chi connectivity index (χ2v) is 9.20. The Kier molecular flexibility index (Phi) is 5.15. The number of nitrogens with zero attached hydrogens (tertiary/aromatic N) is 3. The van der Waals surface area contributed by atoms with Crippen molar-refractivity contribution in [1.29, 1.82) is 0 Å². The molecule has 7 nitrogen and oxygen atoms in total. The first-order valence-electron chi connectivity index (χ1n) is 8.89. The van der Waals surface area contributed by atoms with Crippen molar-refractivity contribution in [2.75, 3.05) is 45.5 Å². The second-order valence-electron chi connectivity index (χ2n) is 7.21. The molecule has 2 saturated heterocycles. The Labute approximate surface area is 144 Å². The van der Waals surface area contributed by atoms with Gasteiger partial charge in [-0.2, -0.15) is 0 Å². The molecule has 0 unspecified atom stereocenters. The van der Waals surface area contributed by atoms with Crippen molar-refractivity contribution in [2.24, 2.45) is 11.8 Å². The molecule has 0 aromatic carbocycles. The Balaban J connectivity index is 1.51. The van der Waals surface area contributed by atoms with Gasteiger partial charge in [0, 0.05) is 51.1 Å². The van der Waals surface area contributed by atoms with Gasteiger partial charge in [0.15, 0.2) is 0 Å². The molecule has 2 aliphatic heterocycles. The topological polar surface area (TPSA) is 78.0 Å². The normalized spacial score (nSPS) is 24.7. The van der Waals surface area contributed by atoms with E-state index < -0.39 is 10.0 Å². The Morgan fingerprint density at radius 2 is 1.21 bits per heavy atom. The molecule has 0 aromatic rings. The maximum Gasteiger partial charge on any atom is 0.225 e. The fraction of sp³-hybridized carbons (Fsp3) is 0.875. The number of piperidine rings is 1. The van der Waals surface area contributed by atoms with E-state index in [2.05, 4.69) is 0 Å². The molecule has 1 aliphatic carbocycles. The van der Waals surface area contributed by atoms with Gasteiger partial charge in [-0.15, -0.1) is 0 Å². The smallest absolute Gasteiger partial charge is 0.225 e. The van der Waals surface area contributed by atoms with E-state index in [4.69, 9.17) is 0 Å². The predicted molar refractivity (Wildman–Crippen MR) is 89.6 cm³/mol. The largest absolute Gasteiger partial charge is 0.341 e. The van der Waals surface area contributed by atoms with Crippen LogP contribution in [0.25, 0.3) is 0 Å². The van der Waals surface area contributed by atoms with Crippen LogP contribution in [0.1, 0.15) is 32.1 Å². The monoisotopic (exact) mass is 357 g/mol.